The summed E-state index contributed by atoms with van der Waals surface area (Å²) in [4.78, 5) is 40.1. The zero-order valence-electron chi connectivity index (χ0n) is 23.2. The number of carbonyl (C=O) groups is 2. The third kappa shape index (κ3) is 8.65. The number of nitro groups is 1. The molecule has 10 nitrogen and oxygen atoms in total. The summed E-state index contributed by atoms with van der Waals surface area (Å²) in [7, 11) is 0. The summed E-state index contributed by atoms with van der Waals surface area (Å²) in [5.41, 5.74) is 0.0433. The summed E-state index contributed by atoms with van der Waals surface area (Å²) in [5.74, 6) is 0. The van der Waals surface area contributed by atoms with Gasteiger partial charge in [-0.1, -0.05) is 39.5 Å². The molecule has 1 fully saturated rings. The Balaban J connectivity index is 2.20. The van der Waals surface area contributed by atoms with Gasteiger partial charge in [-0.2, -0.15) is 0 Å². The summed E-state index contributed by atoms with van der Waals surface area (Å²) >= 11 is 0. The molecular weight excluding hydrogens is 476 g/mol. The molecule has 0 saturated carbocycles. The van der Waals surface area contributed by atoms with E-state index in [4.69, 9.17) is 9.47 Å². The van der Waals surface area contributed by atoms with Gasteiger partial charge in [-0.3, -0.25) is 10.1 Å². The van der Waals surface area contributed by atoms with Gasteiger partial charge in [0.2, 0.25) is 0 Å². The average Bonchev–Trinajstić information content (AvgIpc) is 3.26. The number of hydrogen-bond acceptors (Lipinski definition) is 7. The van der Waals surface area contributed by atoms with E-state index in [0.717, 1.165) is 12.8 Å². The third-order valence-electron chi connectivity index (χ3n) is 6.43. The fourth-order valence-corrected chi connectivity index (χ4v) is 4.05. The molecule has 0 aliphatic carbocycles. The molecule has 2 unspecified atom stereocenters. The molecule has 1 aliphatic rings. The highest BCUT2D eigenvalue weighted by atomic mass is 16.6. The molecular formula is C27H42N4O6. The van der Waals surface area contributed by atoms with E-state index in [1.807, 2.05) is 48.5 Å². The zero-order chi connectivity index (χ0) is 28.0. The number of likely N-dealkylation sites (tertiary alicyclic amines) is 1. The summed E-state index contributed by atoms with van der Waals surface area (Å²) in [6, 6.07) is 4.57. The van der Waals surface area contributed by atoms with Crippen LogP contribution in [0.4, 0.5) is 21.0 Å². The molecule has 0 spiro atoms. The van der Waals surface area contributed by atoms with Crippen LogP contribution in [-0.2, 0) is 16.0 Å². The van der Waals surface area contributed by atoms with Crippen LogP contribution < -0.4 is 5.32 Å². The zero-order valence-corrected chi connectivity index (χ0v) is 23.2. The van der Waals surface area contributed by atoms with Gasteiger partial charge < -0.3 is 24.6 Å². The Morgan fingerprint density at radius 3 is 2.54 bits per heavy atom. The lowest BCUT2D eigenvalue weighted by Crippen LogP contribution is -2.45. The standard InChI is InChI=1S/C27H42N4O6/c1-9-15-36-24(32)30(19(2)26(3,4)5)18-20-12-13-22(23(16-20)31(34)35)28-17-21-11-10-14-29(21)25(33)37-27(6,7)8/h9,12-13,16,19,21,28H,1,10-11,14-15,17-18H2,2-8H3. The van der Waals surface area contributed by atoms with Gasteiger partial charge in [0, 0.05) is 31.7 Å². The monoisotopic (exact) mass is 518 g/mol. The van der Waals surface area contributed by atoms with Crippen LogP contribution >= 0.6 is 0 Å². The van der Waals surface area contributed by atoms with Gasteiger partial charge in [0.25, 0.3) is 5.69 Å². The van der Waals surface area contributed by atoms with Crippen LogP contribution in [0.2, 0.25) is 0 Å². The van der Waals surface area contributed by atoms with E-state index < -0.39 is 16.6 Å². The fraction of sp³-hybridized carbons (Fsp3) is 0.630. The van der Waals surface area contributed by atoms with E-state index in [-0.39, 0.29) is 42.4 Å². The molecule has 2 amide bonds. The SMILES string of the molecule is C=CCOC(=O)N(Cc1ccc(NCC2CCCN2C(=O)OC(C)(C)C)c([N+](=O)[O-])c1)C(C)C(C)(C)C. The normalized spacial score (nSPS) is 16.6. The highest BCUT2D eigenvalue weighted by molar-refractivity contribution is 5.70. The Hall–Kier alpha value is -3.30. The number of carbonyl (C=O) groups excluding carboxylic acids is 2. The summed E-state index contributed by atoms with van der Waals surface area (Å²) < 4.78 is 10.8. The molecule has 1 aromatic carbocycles. The van der Waals surface area contributed by atoms with Gasteiger partial charge in [-0.15, -0.1) is 0 Å². The van der Waals surface area contributed by atoms with Crippen LogP contribution in [0.25, 0.3) is 0 Å². The van der Waals surface area contributed by atoms with Crippen molar-refractivity contribution in [3.63, 3.8) is 0 Å². The second-order valence-corrected chi connectivity index (χ2v) is 11.5. The van der Waals surface area contributed by atoms with E-state index >= 15 is 0 Å². The second-order valence-electron chi connectivity index (χ2n) is 11.5. The largest absolute Gasteiger partial charge is 0.445 e. The minimum atomic E-state index is -0.594. The van der Waals surface area contributed by atoms with Gasteiger partial charge >= 0.3 is 12.2 Å². The molecule has 1 N–H and O–H groups in total. The van der Waals surface area contributed by atoms with Gasteiger partial charge in [0.15, 0.2) is 0 Å². The highest BCUT2D eigenvalue weighted by Gasteiger charge is 2.33. The van der Waals surface area contributed by atoms with Crippen molar-refractivity contribution >= 4 is 23.6 Å². The Bertz CT molecular complexity index is 982. The van der Waals surface area contributed by atoms with Crippen molar-refractivity contribution in [2.24, 2.45) is 5.41 Å². The van der Waals surface area contributed by atoms with Crippen LogP contribution in [0.1, 0.15) is 66.9 Å². The first-order chi connectivity index (χ1) is 17.1. The molecule has 37 heavy (non-hydrogen) atoms. The number of nitrogens with zero attached hydrogens (tertiary/aromatic N) is 3. The molecule has 2 rings (SSSR count). The molecule has 1 aromatic rings. The smallest absolute Gasteiger partial charge is 0.410 e. The summed E-state index contributed by atoms with van der Waals surface area (Å²) in [6.07, 6.45) is 2.24. The number of anilines is 1. The molecule has 0 radical (unpaired) electrons. The molecule has 1 aliphatic heterocycles. The van der Waals surface area contributed by atoms with Crippen molar-refractivity contribution in [3.05, 3.63) is 46.5 Å². The van der Waals surface area contributed by atoms with Crippen LogP contribution in [-0.4, -0.2) is 64.3 Å². The number of benzene rings is 1. The van der Waals surface area contributed by atoms with Crippen LogP contribution in [0.5, 0.6) is 0 Å². The van der Waals surface area contributed by atoms with Gasteiger partial charge in [-0.05, 0) is 57.6 Å². The van der Waals surface area contributed by atoms with E-state index in [0.29, 0.717) is 24.3 Å². The number of amides is 2. The Morgan fingerprint density at radius 2 is 1.97 bits per heavy atom. The maximum Gasteiger partial charge on any atom is 0.410 e. The van der Waals surface area contributed by atoms with Crippen LogP contribution in [0.15, 0.2) is 30.9 Å². The van der Waals surface area contributed by atoms with E-state index in [9.17, 15) is 19.7 Å². The van der Waals surface area contributed by atoms with Crippen LogP contribution in [0, 0.1) is 15.5 Å². The summed E-state index contributed by atoms with van der Waals surface area (Å²) in [6.45, 7) is 18.2. The average molecular weight is 519 g/mol. The lowest BCUT2D eigenvalue weighted by atomic mass is 9.87. The van der Waals surface area contributed by atoms with Crippen molar-refractivity contribution in [3.8, 4) is 0 Å². The number of hydrogen-bond donors (Lipinski definition) is 1. The lowest BCUT2D eigenvalue weighted by molar-refractivity contribution is -0.384. The van der Waals surface area contributed by atoms with Gasteiger partial charge in [0.05, 0.1) is 11.0 Å². The van der Waals surface area contributed by atoms with Gasteiger partial charge in [0.1, 0.15) is 17.9 Å². The van der Waals surface area contributed by atoms with Crippen molar-refractivity contribution in [2.75, 3.05) is 25.0 Å². The van der Waals surface area contributed by atoms with Crippen molar-refractivity contribution in [1.29, 1.82) is 0 Å². The first kappa shape index (κ1) is 29.9. The third-order valence-corrected chi connectivity index (χ3v) is 6.43. The molecule has 206 valence electrons. The number of rotatable bonds is 9. The van der Waals surface area contributed by atoms with E-state index in [1.165, 1.54) is 12.1 Å². The second kappa shape index (κ2) is 12.3. The van der Waals surface area contributed by atoms with Crippen molar-refractivity contribution in [2.45, 2.75) is 85.5 Å². The first-order valence-corrected chi connectivity index (χ1v) is 12.7. The molecule has 0 bridgehead atoms. The molecule has 1 heterocycles. The van der Waals surface area contributed by atoms with E-state index in [1.54, 1.807) is 21.9 Å². The quantitative estimate of drug-likeness (QED) is 0.243. The molecule has 10 heteroatoms. The summed E-state index contributed by atoms with van der Waals surface area (Å²) in [5, 5.41) is 15.1. The molecule has 0 aromatic heterocycles. The Labute approximate surface area is 220 Å². The predicted octanol–water partition coefficient (Wildman–Crippen LogP) is 5.97. The minimum Gasteiger partial charge on any atom is -0.445 e. The van der Waals surface area contributed by atoms with Crippen LogP contribution in [0.3, 0.4) is 0 Å². The topological polar surface area (TPSA) is 114 Å². The van der Waals surface area contributed by atoms with Crippen molar-refractivity contribution < 1.29 is 24.0 Å². The minimum absolute atomic E-state index is 0.0800. The highest BCUT2D eigenvalue weighted by Crippen LogP contribution is 2.30. The predicted molar refractivity (Wildman–Crippen MR) is 144 cm³/mol. The van der Waals surface area contributed by atoms with Gasteiger partial charge in [-0.25, -0.2) is 9.59 Å². The maximum absolute atomic E-state index is 12.8. The first-order valence-electron chi connectivity index (χ1n) is 12.7. The van der Waals surface area contributed by atoms with Crippen molar-refractivity contribution in [1.82, 2.24) is 9.80 Å². The Kier molecular flexibility index (Phi) is 9.94. The number of ether oxygens (including phenoxy) is 2. The number of nitrogens with one attached hydrogen (secondary N) is 1. The lowest BCUT2D eigenvalue weighted by Gasteiger charge is -2.37. The molecule has 2 atom stereocenters. The molecule has 1 saturated heterocycles. The Morgan fingerprint density at radius 1 is 1.30 bits per heavy atom. The maximum atomic E-state index is 12.8. The number of nitro benzene ring substituents is 1. The fourth-order valence-electron chi connectivity index (χ4n) is 4.05. The van der Waals surface area contributed by atoms with E-state index in [2.05, 4.69) is 11.9 Å².